The van der Waals surface area contributed by atoms with Crippen molar-refractivity contribution < 1.29 is 9.90 Å². The molecular formula is C14H26N2O2. The van der Waals surface area contributed by atoms with Gasteiger partial charge in [-0.25, -0.2) is 4.79 Å². The number of carbonyl (C=O) groups is 1. The zero-order chi connectivity index (χ0) is 13.4. The molecule has 2 atom stereocenters. The van der Waals surface area contributed by atoms with E-state index < -0.39 is 0 Å². The summed E-state index contributed by atoms with van der Waals surface area (Å²) in [6.07, 6.45) is 8.49. The summed E-state index contributed by atoms with van der Waals surface area (Å²) in [6, 6.07) is -0.305. The van der Waals surface area contributed by atoms with Crippen LogP contribution in [0.15, 0.2) is 12.2 Å². The first-order valence-corrected chi connectivity index (χ1v) is 6.92. The Labute approximate surface area is 110 Å². The van der Waals surface area contributed by atoms with Gasteiger partial charge in [0.1, 0.15) is 0 Å². The van der Waals surface area contributed by atoms with Crippen molar-refractivity contribution in [3.8, 4) is 0 Å². The number of urea groups is 1. The fourth-order valence-corrected chi connectivity index (χ4v) is 2.26. The van der Waals surface area contributed by atoms with Crippen molar-refractivity contribution in [1.29, 1.82) is 0 Å². The van der Waals surface area contributed by atoms with Gasteiger partial charge in [-0.1, -0.05) is 26.0 Å². The molecule has 0 radical (unpaired) electrons. The Bertz CT molecular complexity index is 277. The largest absolute Gasteiger partial charge is 0.394 e. The first-order chi connectivity index (χ1) is 8.61. The van der Waals surface area contributed by atoms with Gasteiger partial charge in [0.05, 0.1) is 12.6 Å². The molecule has 1 aliphatic carbocycles. The molecule has 0 aromatic heterocycles. The van der Waals surface area contributed by atoms with Crippen LogP contribution in [-0.2, 0) is 0 Å². The lowest BCUT2D eigenvalue weighted by molar-refractivity contribution is 0.205. The molecule has 104 valence electrons. The van der Waals surface area contributed by atoms with Gasteiger partial charge >= 0.3 is 6.03 Å². The Morgan fingerprint density at radius 2 is 2.22 bits per heavy atom. The average Bonchev–Trinajstić information content (AvgIpc) is 2.36. The smallest absolute Gasteiger partial charge is 0.315 e. The van der Waals surface area contributed by atoms with Crippen LogP contribution in [0.5, 0.6) is 0 Å². The highest BCUT2D eigenvalue weighted by Crippen LogP contribution is 2.16. The zero-order valence-corrected chi connectivity index (χ0v) is 11.5. The first-order valence-electron chi connectivity index (χ1n) is 6.92. The van der Waals surface area contributed by atoms with Crippen molar-refractivity contribution >= 4 is 6.03 Å². The maximum Gasteiger partial charge on any atom is 0.315 e. The Morgan fingerprint density at radius 3 is 2.78 bits per heavy atom. The molecular weight excluding hydrogens is 228 g/mol. The standard InChI is InChI=1S/C14H26N2O2/c1-11(2)8-13(10-17)16-14(18)15-9-12-6-4-3-5-7-12/h3-4,11-13,17H,5-10H2,1-2H3,(H2,15,16,18). The molecule has 0 spiro atoms. The number of allylic oxidation sites excluding steroid dienone is 2. The summed E-state index contributed by atoms with van der Waals surface area (Å²) in [5.41, 5.74) is 0. The molecule has 3 N–H and O–H groups in total. The van der Waals surface area contributed by atoms with Crippen LogP contribution in [0.3, 0.4) is 0 Å². The molecule has 0 aromatic carbocycles. The Balaban J connectivity index is 2.21. The molecule has 2 amide bonds. The van der Waals surface area contributed by atoms with E-state index in [0.717, 1.165) is 32.2 Å². The molecule has 0 bridgehead atoms. The minimum Gasteiger partial charge on any atom is -0.394 e. The molecule has 4 nitrogen and oxygen atoms in total. The highest BCUT2D eigenvalue weighted by molar-refractivity contribution is 5.74. The summed E-state index contributed by atoms with van der Waals surface area (Å²) in [7, 11) is 0. The monoisotopic (exact) mass is 254 g/mol. The van der Waals surface area contributed by atoms with Crippen LogP contribution in [0.2, 0.25) is 0 Å². The van der Waals surface area contributed by atoms with Crippen LogP contribution in [0, 0.1) is 11.8 Å². The van der Waals surface area contributed by atoms with Crippen molar-refractivity contribution in [3.05, 3.63) is 12.2 Å². The molecule has 0 heterocycles. The van der Waals surface area contributed by atoms with Crippen molar-refractivity contribution in [1.82, 2.24) is 10.6 Å². The van der Waals surface area contributed by atoms with Crippen LogP contribution in [-0.4, -0.2) is 30.3 Å². The van der Waals surface area contributed by atoms with Crippen LogP contribution in [0.25, 0.3) is 0 Å². The van der Waals surface area contributed by atoms with E-state index in [1.54, 1.807) is 0 Å². The van der Waals surface area contributed by atoms with Gasteiger partial charge in [-0.3, -0.25) is 0 Å². The molecule has 0 aromatic rings. The fourth-order valence-electron chi connectivity index (χ4n) is 2.26. The number of amides is 2. The van der Waals surface area contributed by atoms with Gasteiger partial charge in [-0.15, -0.1) is 0 Å². The number of carbonyl (C=O) groups excluding carboxylic acids is 1. The number of aliphatic hydroxyl groups is 1. The summed E-state index contributed by atoms with van der Waals surface area (Å²) >= 11 is 0. The summed E-state index contributed by atoms with van der Waals surface area (Å²) in [4.78, 5) is 11.7. The van der Waals surface area contributed by atoms with Crippen LogP contribution in [0.4, 0.5) is 4.79 Å². The van der Waals surface area contributed by atoms with Gasteiger partial charge < -0.3 is 15.7 Å². The second kappa shape index (κ2) is 8.14. The second-order valence-corrected chi connectivity index (χ2v) is 5.51. The normalized spacial score (nSPS) is 20.8. The van der Waals surface area contributed by atoms with E-state index in [2.05, 4.69) is 36.6 Å². The number of hydrogen-bond donors (Lipinski definition) is 3. The van der Waals surface area contributed by atoms with Gasteiger partial charge in [0.25, 0.3) is 0 Å². The zero-order valence-electron chi connectivity index (χ0n) is 11.5. The van der Waals surface area contributed by atoms with E-state index in [9.17, 15) is 9.90 Å². The first kappa shape index (κ1) is 15.0. The Hall–Kier alpha value is -1.03. The molecule has 2 unspecified atom stereocenters. The molecule has 1 aliphatic rings. The second-order valence-electron chi connectivity index (χ2n) is 5.51. The molecule has 1 rings (SSSR count). The predicted octanol–water partition coefficient (Wildman–Crippen LogP) is 2.05. The van der Waals surface area contributed by atoms with Crippen molar-refractivity contribution in [3.63, 3.8) is 0 Å². The quantitative estimate of drug-likeness (QED) is 0.635. The van der Waals surface area contributed by atoms with E-state index in [-0.39, 0.29) is 18.7 Å². The maximum atomic E-state index is 11.7. The minimum atomic E-state index is -0.163. The van der Waals surface area contributed by atoms with E-state index in [1.807, 2.05) is 0 Å². The summed E-state index contributed by atoms with van der Waals surface area (Å²) in [6.45, 7) is 4.88. The molecule has 18 heavy (non-hydrogen) atoms. The lowest BCUT2D eigenvalue weighted by atomic mass is 9.94. The van der Waals surface area contributed by atoms with Crippen molar-refractivity contribution in [2.24, 2.45) is 11.8 Å². The summed E-state index contributed by atoms with van der Waals surface area (Å²) in [5, 5.41) is 14.9. The maximum absolute atomic E-state index is 11.7. The minimum absolute atomic E-state index is 0.00222. The van der Waals surface area contributed by atoms with E-state index in [0.29, 0.717) is 11.8 Å². The fraction of sp³-hybridized carbons (Fsp3) is 0.786. The van der Waals surface area contributed by atoms with Gasteiger partial charge in [-0.05, 0) is 37.5 Å². The van der Waals surface area contributed by atoms with E-state index in [1.165, 1.54) is 0 Å². The summed E-state index contributed by atoms with van der Waals surface area (Å²) in [5.74, 6) is 1.02. The van der Waals surface area contributed by atoms with Gasteiger partial charge in [0.2, 0.25) is 0 Å². The Morgan fingerprint density at radius 1 is 1.44 bits per heavy atom. The lowest BCUT2D eigenvalue weighted by Gasteiger charge is -2.21. The third kappa shape index (κ3) is 6.05. The lowest BCUT2D eigenvalue weighted by Crippen LogP contribution is -2.45. The highest BCUT2D eigenvalue weighted by Gasteiger charge is 2.14. The number of aliphatic hydroxyl groups excluding tert-OH is 1. The number of rotatable bonds is 6. The van der Waals surface area contributed by atoms with Gasteiger partial charge in [0, 0.05) is 6.54 Å². The molecule has 4 heteroatoms. The number of hydrogen-bond acceptors (Lipinski definition) is 2. The van der Waals surface area contributed by atoms with Crippen LogP contribution >= 0.6 is 0 Å². The predicted molar refractivity (Wildman–Crippen MR) is 73.3 cm³/mol. The molecule has 0 aliphatic heterocycles. The number of nitrogens with one attached hydrogen (secondary N) is 2. The van der Waals surface area contributed by atoms with Crippen LogP contribution in [0.1, 0.15) is 39.5 Å². The highest BCUT2D eigenvalue weighted by atomic mass is 16.3. The van der Waals surface area contributed by atoms with Gasteiger partial charge in [-0.2, -0.15) is 0 Å². The van der Waals surface area contributed by atoms with Gasteiger partial charge in [0.15, 0.2) is 0 Å². The van der Waals surface area contributed by atoms with E-state index >= 15 is 0 Å². The third-order valence-electron chi connectivity index (χ3n) is 3.24. The van der Waals surface area contributed by atoms with Crippen LogP contribution < -0.4 is 10.6 Å². The molecule has 0 fully saturated rings. The molecule has 0 saturated carbocycles. The van der Waals surface area contributed by atoms with Crippen molar-refractivity contribution in [2.75, 3.05) is 13.2 Å². The summed E-state index contributed by atoms with van der Waals surface area (Å²) < 4.78 is 0. The third-order valence-corrected chi connectivity index (χ3v) is 3.24. The van der Waals surface area contributed by atoms with Crippen molar-refractivity contribution in [2.45, 2.75) is 45.6 Å². The molecule has 0 saturated heterocycles. The average molecular weight is 254 g/mol. The Kier molecular flexibility index (Phi) is 6.80. The topological polar surface area (TPSA) is 61.4 Å². The SMILES string of the molecule is CC(C)CC(CO)NC(=O)NCC1CC=CCC1. The van der Waals surface area contributed by atoms with E-state index in [4.69, 9.17) is 0 Å².